The van der Waals surface area contributed by atoms with Crippen molar-refractivity contribution in [3.05, 3.63) is 57.6 Å². The van der Waals surface area contributed by atoms with Crippen molar-refractivity contribution in [1.82, 2.24) is 15.3 Å². The van der Waals surface area contributed by atoms with Crippen LogP contribution < -0.4 is 5.32 Å². The molecule has 2 aromatic heterocycles. The van der Waals surface area contributed by atoms with E-state index in [-0.39, 0.29) is 6.04 Å². The maximum atomic E-state index is 4.42. The molecule has 2 heterocycles. The van der Waals surface area contributed by atoms with Crippen molar-refractivity contribution >= 4 is 15.9 Å². The highest BCUT2D eigenvalue weighted by molar-refractivity contribution is 9.10. The fraction of sp³-hybridized carbons (Fsp3) is 0.333. The molecule has 1 unspecified atom stereocenters. The van der Waals surface area contributed by atoms with Gasteiger partial charge in [0.25, 0.3) is 0 Å². The zero-order valence-electron chi connectivity index (χ0n) is 11.4. The normalized spacial score (nSPS) is 12.4. The minimum atomic E-state index is 0.275. The number of aryl methyl sites for hydroxylation is 2. The minimum Gasteiger partial charge on any atom is -0.313 e. The molecule has 0 aliphatic heterocycles. The van der Waals surface area contributed by atoms with Crippen molar-refractivity contribution in [2.75, 3.05) is 7.05 Å². The number of likely N-dealkylation sites (N-methyl/N-ethyl adjacent to an activating group) is 1. The van der Waals surface area contributed by atoms with Crippen molar-refractivity contribution in [3.8, 4) is 0 Å². The first-order valence-corrected chi connectivity index (χ1v) is 7.09. The van der Waals surface area contributed by atoms with Gasteiger partial charge in [0, 0.05) is 34.3 Å². The van der Waals surface area contributed by atoms with Gasteiger partial charge in [0.2, 0.25) is 0 Å². The molecule has 0 amide bonds. The van der Waals surface area contributed by atoms with Gasteiger partial charge >= 0.3 is 0 Å². The van der Waals surface area contributed by atoms with Crippen molar-refractivity contribution < 1.29 is 0 Å². The van der Waals surface area contributed by atoms with E-state index in [1.807, 2.05) is 27.1 Å². The van der Waals surface area contributed by atoms with E-state index in [4.69, 9.17) is 0 Å². The van der Waals surface area contributed by atoms with E-state index >= 15 is 0 Å². The summed E-state index contributed by atoms with van der Waals surface area (Å²) in [6.07, 6.45) is 4.63. The number of halogens is 1. The summed E-state index contributed by atoms with van der Waals surface area (Å²) >= 11 is 3.46. The second-order valence-electron chi connectivity index (χ2n) is 4.74. The number of nitrogens with zero attached hydrogens (tertiary/aromatic N) is 2. The van der Waals surface area contributed by atoms with Crippen LogP contribution in [0.15, 0.2) is 35.1 Å². The van der Waals surface area contributed by atoms with Crippen molar-refractivity contribution in [2.45, 2.75) is 26.3 Å². The molecule has 3 nitrogen and oxygen atoms in total. The van der Waals surface area contributed by atoms with Crippen molar-refractivity contribution in [1.29, 1.82) is 0 Å². The Kier molecular flexibility index (Phi) is 4.66. The standard InChI is InChI=1S/C15H18BrN3/c1-10-4-13(5-11(2)19-10)15(17-3)7-12-6-14(16)9-18-8-12/h4-6,8-9,15,17H,7H2,1-3H3. The van der Waals surface area contributed by atoms with Gasteiger partial charge in [-0.05, 0) is 72.6 Å². The topological polar surface area (TPSA) is 37.8 Å². The summed E-state index contributed by atoms with van der Waals surface area (Å²) in [6.45, 7) is 4.06. The third-order valence-corrected chi connectivity index (χ3v) is 3.49. The molecule has 1 atom stereocenters. The minimum absolute atomic E-state index is 0.275. The summed E-state index contributed by atoms with van der Waals surface area (Å²) < 4.78 is 1.02. The molecule has 0 fully saturated rings. The number of hydrogen-bond donors (Lipinski definition) is 1. The molecular formula is C15H18BrN3. The smallest absolute Gasteiger partial charge is 0.0410 e. The number of nitrogens with one attached hydrogen (secondary N) is 1. The lowest BCUT2D eigenvalue weighted by atomic mass is 9.99. The van der Waals surface area contributed by atoms with Gasteiger partial charge in [0.1, 0.15) is 0 Å². The van der Waals surface area contributed by atoms with Crippen LogP contribution in [-0.4, -0.2) is 17.0 Å². The fourth-order valence-electron chi connectivity index (χ4n) is 2.26. The molecule has 100 valence electrons. The second-order valence-corrected chi connectivity index (χ2v) is 5.66. The lowest BCUT2D eigenvalue weighted by Crippen LogP contribution is -2.19. The Morgan fingerprint density at radius 2 is 1.84 bits per heavy atom. The maximum Gasteiger partial charge on any atom is 0.0410 e. The number of rotatable bonds is 4. The lowest BCUT2D eigenvalue weighted by Gasteiger charge is -2.17. The van der Waals surface area contributed by atoms with Crippen LogP contribution in [0.5, 0.6) is 0 Å². The highest BCUT2D eigenvalue weighted by Gasteiger charge is 2.12. The van der Waals surface area contributed by atoms with Crippen LogP contribution in [0.3, 0.4) is 0 Å². The van der Waals surface area contributed by atoms with E-state index in [9.17, 15) is 0 Å². The van der Waals surface area contributed by atoms with Crippen LogP contribution in [0, 0.1) is 13.8 Å². The third kappa shape index (κ3) is 3.85. The highest BCUT2D eigenvalue weighted by Crippen LogP contribution is 2.20. The number of pyridine rings is 2. The lowest BCUT2D eigenvalue weighted by molar-refractivity contribution is 0.589. The van der Waals surface area contributed by atoms with Crippen molar-refractivity contribution in [2.24, 2.45) is 0 Å². The van der Waals surface area contributed by atoms with E-state index in [0.717, 1.165) is 22.3 Å². The van der Waals surface area contributed by atoms with E-state index in [1.165, 1.54) is 11.1 Å². The Balaban J connectivity index is 2.24. The average molecular weight is 320 g/mol. The highest BCUT2D eigenvalue weighted by atomic mass is 79.9. The van der Waals surface area contributed by atoms with Crippen LogP contribution in [0.4, 0.5) is 0 Å². The molecule has 0 aromatic carbocycles. The molecule has 0 spiro atoms. The predicted molar refractivity (Wildman–Crippen MR) is 81.2 cm³/mol. The van der Waals surface area contributed by atoms with E-state index in [0.29, 0.717) is 0 Å². The zero-order chi connectivity index (χ0) is 13.8. The van der Waals surface area contributed by atoms with Gasteiger partial charge in [-0.3, -0.25) is 9.97 Å². The first-order valence-electron chi connectivity index (χ1n) is 6.30. The third-order valence-electron chi connectivity index (χ3n) is 3.06. The number of hydrogen-bond acceptors (Lipinski definition) is 3. The summed E-state index contributed by atoms with van der Waals surface area (Å²) in [7, 11) is 1.99. The van der Waals surface area contributed by atoms with E-state index in [1.54, 1.807) is 6.20 Å². The molecule has 0 saturated heterocycles. The van der Waals surface area contributed by atoms with Gasteiger partial charge in [-0.1, -0.05) is 0 Å². The molecule has 2 aromatic rings. The quantitative estimate of drug-likeness (QED) is 0.939. The molecule has 0 bridgehead atoms. The van der Waals surface area contributed by atoms with Gasteiger partial charge < -0.3 is 5.32 Å². The largest absolute Gasteiger partial charge is 0.313 e. The zero-order valence-corrected chi connectivity index (χ0v) is 13.0. The van der Waals surface area contributed by atoms with Crippen LogP contribution in [0.1, 0.15) is 28.6 Å². The Labute approximate surface area is 122 Å². The van der Waals surface area contributed by atoms with E-state index < -0.39 is 0 Å². The molecular weight excluding hydrogens is 302 g/mol. The number of aromatic nitrogens is 2. The summed E-state index contributed by atoms with van der Waals surface area (Å²) in [5.41, 5.74) is 4.60. The summed E-state index contributed by atoms with van der Waals surface area (Å²) in [5.74, 6) is 0. The summed E-state index contributed by atoms with van der Waals surface area (Å²) in [4.78, 5) is 8.64. The maximum absolute atomic E-state index is 4.42. The predicted octanol–water partition coefficient (Wildman–Crippen LogP) is 3.36. The van der Waals surface area contributed by atoms with E-state index in [2.05, 4.69) is 49.4 Å². The van der Waals surface area contributed by atoms with Crippen LogP contribution in [-0.2, 0) is 6.42 Å². The van der Waals surface area contributed by atoms with Crippen molar-refractivity contribution in [3.63, 3.8) is 0 Å². The first kappa shape index (κ1) is 14.2. The van der Waals surface area contributed by atoms with Crippen LogP contribution in [0.25, 0.3) is 0 Å². The van der Waals surface area contributed by atoms with Crippen LogP contribution >= 0.6 is 15.9 Å². The molecule has 0 saturated carbocycles. The Hall–Kier alpha value is -1.26. The molecule has 2 rings (SSSR count). The Morgan fingerprint density at radius 3 is 2.42 bits per heavy atom. The second kappa shape index (κ2) is 6.26. The first-order chi connectivity index (χ1) is 9.08. The van der Waals surface area contributed by atoms with Gasteiger partial charge in [-0.15, -0.1) is 0 Å². The molecule has 0 aliphatic rings. The van der Waals surface area contributed by atoms with Crippen LogP contribution in [0.2, 0.25) is 0 Å². The molecule has 4 heteroatoms. The van der Waals surface area contributed by atoms with Gasteiger partial charge in [0.15, 0.2) is 0 Å². The fourth-order valence-corrected chi connectivity index (χ4v) is 2.67. The van der Waals surface area contributed by atoms with Gasteiger partial charge in [0.05, 0.1) is 0 Å². The molecule has 19 heavy (non-hydrogen) atoms. The monoisotopic (exact) mass is 319 g/mol. The SMILES string of the molecule is CNC(Cc1cncc(Br)c1)c1cc(C)nc(C)c1. The molecule has 0 aliphatic carbocycles. The Bertz CT molecular complexity index is 549. The molecule has 1 N–H and O–H groups in total. The Morgan fingerprint density at radius 1 is 1.16 bits per heavy atom. The van der Waals surface area contributed by atoms with Gasteiger partial charge in [-0.2, -0.15) is 0 Å². The van der Waals surface area contributed by atoms with Gasteiger partial charge in [-0.25, -0.2) is 0 Å². The summed E-state index contributed by atoms with van der Waals surface area (Å²) in [6, 6.07) is 6.66. The average Bonchev–Trinajstić information content (AvgIpc) is 2.34. The summed E-state index contributed by atoms with van der Waals surface area (Å²) in [5, 5.41) is 3.37. The molecule has 0 radical (unpaired) electrons.